The van der Waals surface area contributed by atoms with E-state index in [4.69, 9.17) is 0 Å². The third-order valence-corrected chi connectivity index (χ3v) is 20.0. The van der Waals surface area contributed by atoms with Gasteiger partial charge in [0.25, 0.3) is 6.71 Å². The molecule has 4 aliphatic rings. The van der Waals surface area contributed by atoms with Crippen LogP contribution in [0.2, 0.25) is 0 Å². The van der Waals surface area contributed by atoms with Gasteiger partial charge in [-0.1, -0.05) is 170 Å². The summed E-state index contributed by atoms with van der Waals surface area (Å²) in [7, 11) is 0. The van der Waals surface area contributed by atoms with Gasteiger partial charge < -0.3 is 14.7 Å². The van der Waals surface area contributed by atoms with Crippen molar-refractivity contribution < 1.29 is 4.11 Å². The van der Waals surface area contributed by atoms with Gasteiger partial charge in [0.15, 0.2) is 0 Å². The average molecular weight is 1040 g/mol. The Balaban J connectivity index is 1.15. The molecular weight excluding hydrogens is 962 g/mol. The summed E-state index contributed by atoms with van der Waals surface area (Å²) in [5.41, 5.74) is 22.4. The number of hydrogen-bond acceptors (Lipinski definition) is 4. The van der Waals surface area contributed by atoms with Crippen molar-refractivity contribution in [3.8, 4) is 0 Å². The molecule has 3 nitrogen and oxygen atoms in total. The molecule has 13 rings (SSSR count). The van der Waals surface area contributed by atoms with Crippen LogP contribution in [0.3, 0.4) is 0 Å². The van der Waals surface area contributed by atoms with Gasteiger partial charge in [-0.2, -0.15) is 0 Å². The summed E-state index contributed by atoms with van der Waals surface area (Å²) >= 11 is 1.82. The van der Waals surface area contributed by atoms with E-state index in [2.05, 4.69) is 252 Å². The van der Waals surface area contributed by atoms with Gasteiger partial charge in [-0.3, -0.25) is 0 Å². The lowest BCUT2D eigenvalue weighted by Gasteiger charge is -2.46. The quantitative estimate of drug-likeness (QED) is 0.159. The lowest BCUT2D eigenvalue weighted by molar-refractivity contribution is 0.332. The predicted molar refractivity (Wildman–Crippen MR) is 341 cm³/mol. The zero-order valence-electron chi connectivity index (χ0n) is 51.8. The first-order valence-electron chi connectivity index (χ1n) is 30.1. The Bertz CT molecular complexity index is 4010. The van der Waals surface area contributed by atoms with Gasteiger partial charge >= 0.3 is 0 Å². The molecule has 0 fully saturated rings. The van der Waals surface area contributed by atoms with Crippen molar-refractivity contribution in [3.63, 3.8) is 0 Å². The number of benzene rings is 8. The molecule has 0 bridgehead atoms. The molecule has 0 saturated heterocycles. The molecule has 5 heteroatoms. The summed E-state index contributed by atoms with van der Waals surface area (Å²) in [6, 6.07) is 55.0. The van der Waals surface area contributed by atoms with Crippen LogP contribution in [0.15, 0.2) is 146 Å². The van der Waals surface area contributed by atoms with Crippen LogP contribution in [0.4, 0.5) is 51.2 Å². The Morgan fingerprint density at radius 3 is 1.60 bits per heavy atom. The number of thiophene rings is 1. The third kappa shape index (κ3) is 7.78. The summed E-state index contributed by atoms with van der Waals surface area (Å²) in [5, 5.41) is 2.41. The van der Waals surface area contributed by atoms with Crippen molar-refractivity contribution in [2.24, 2.45) is 0 Å². The van der Waals surface area contributed by atoms with Gasteiger partial charge in [0.2, 0.25) is 0 Å². The second-order valence-corrected chi connectivity index (χ2v) is 29.4. The van der Waals surface area contributed by atoms with Gasteiger partial charge in [-0.25, -0.2) is 0 Å². The van der Waals surface area contributed by atoms with E-state index in [1.54, 1.807) is 0 Å². The fourth-order valence-electron chi connectivity index (χ4n) is 14.6. The highest BCUT2D eigenvalue weighted by molar-refractivity contribution is 7.26. The maximum atomic E-state index is 9.40. The summed E-state index contributed by atoms with van der Waals surface area (Å²) in [4.78, 5) is 7.38. The van der Waals surface area contributed by atoms with Gasteiger partial charge in [-0.05, 0) is 199 Å². The smallest absolute Gasteiger partial charge is 0.252 e. The topological polar surface area (TPSA) is 9.72 Å². The highest BCUT2D eigenvalue weighted by atomic mass is 32.1. The standard InChI is InChI=1S/C73H78BN3S/c1-44-36-63-66-64(37-44)77(60-41-55-53(38-45(60)2)70(9,10)34-35-71(55,11)12)62-42-56-54(72(13,14)43-73(56,15)16)40-58(62)74(66)57-33-32-50(39-61(57)76(63)59-22-19-21-52-51-20-17-18-23-65(51)78-67(52)59)75(48-28-24-46(25-29-48)68(3,4)5)49-30-26-47(27-31-49)69(6,7)8/h17-33,36-42H,34-35,43H2,1-16H3/i1D3. The second kappa shape index (κ2) is 17.0. The van der Waals surface area contributed by atoms with Crippen molar-refractivity contribution in [2.75, 3.05) is 14.7 Å². The van der Waals surface area contributed by atoms with Crippen LogP contribution in [-0.2, 0) is 32.5 Å². The fraction of sp³-hybridized carbons (Fsp3) is 0.342. The minimum absolute atomic E-state index is 0.0133. The second-order valence-electron chi connectivity index (χ2n) is 28.3. The van der Waals surface area contributed by atoms with E-state index in [0.717, 1.165) is 75.9 Å². The van der Waals surface area contributed by atoms with Crippen LogP contribution in [0.25, 0.3) is 20.2 Å². The molecule has 1 aromatic heterocycles. The molecular formula is C73H78BN3S. The molecule has 0 unspecified atom stereocenters. The predicted octanol–water partition coefficient (Wildman–Crippen LogP) is 19.1. The van der Waals surface area contributed by atoms with Crippen LogP contribution in [0.5, 0.6) is 0 Å². The van der Waals surface area contributed by atoms with E-state index >= 15 is 0 Å². The Hall–Kier alpha value is -6.56. The van der Waals surface area contributed by atoms with E-state index in [1.165, 1.54) is 70.0 Å². The maximum absolute atomic E-state index is 9.40. The molecule has 394 valence electrons. The van der Waals surface area contributed by atoms with Gasteiger partial charge in [0, 0.05) is 65.1 Å². The molecule has 0 spiro atoms. The molecule has 2 aliphatic carbocycles. The summed E-state index contributed by atoms with van der Waals surface area (Å²) in [5.74, 6) is 0. The van der Waals surface area contributed by atoms with Crippen molar-refractivity contribution >= 4 is 106 Å². The molecule has 9 aromatic rings. The van der Waals surface area contributed by atoms with Crippen LogP contribution in [0.1, 0.15) is 165 Å². The van der Waals surface area contributed by atoms with Crippen molar-refractivity contribution in [1.82, 2.24) is 0 Å². The maximum Gasteiger partial charge on any atom is 0.252 e. The highest BCUT2D eigenvalue weighted by Gasteiger charge is 2.49. The number of rotatable bonds is 5. The Kier molecular flexibility index (Phi) is 10.3. The van der Waals surface area contributed by atoms with Gasteiger partial charge in [0.05, 0.1) is 10.4 Å². The van der Waals surface area contributed by atoms with E-state index in [0.29, 0.717) is 5.56 Å². The van der Waals surface area contributed by atoms with Crippen molar-refractivity contribution in [3.05, 3.63) is 190 Å². The number of anilines is 9. The van der Waals surface area contributed by atoms with Crippen LogP contribution in [0, 0.1) is 13.8 Å². The first-order chi connectivity index (χ1) is 37.9. The molecule has 0 N–H and O–H groups in total. The molecule has 78 heavy (non-hydrogen) atoms. The van der Waals surface area contributed by atoms with E-state index in [1.807, 2.05) is 23.5 Å². The molecule has 0 atom stereocenters. The highest BCUT2D eigenvalue weighted by Crippen LogP contribution is 2.56. The van der Waals surface area contributed by atoms with E-state index in [-0.39, 0.29) is 39.2 Å². The molecule has 0 amide bonds. The summed E-state index contributed by atoms with van der Waals surface area (Å²) in [6.45, 7) is 32.6. The molecule has 0 radical (unpaired) electrons. The first kappa shape index (κ1) is 47.4. The van der Waals surface area contributed by atoms with Crippen molar-refractivity contribution in [2.45, 2.75) is 162 Å². The van der Waals surface area contributed by atoms with Gasteiger partial charge in [0.1, 0.15) is 0 Å². The Labute approximate surface area is 474 Å². The van der Waals surface area contributed by atoms with Crippen LogP contribution in [-0.4, -0.2) is 6.71 Å². The SMILES string of the molecule is [2H]C([2H])([2H])c1cc2c3c(c1)N(c1cccc4c1sc1ccccc14)c1cc(N(c4ccc(C(C)(C)C)cc4)c4ccc(C(C)(C)C)cc4)ccc1B3c1cc3c(cc1N2c1cc2c(cc1C)C(C)(C)CCC2(C)C)C(C)(C)CC3(C)C. The largest absolute Gasteiger partial charge is 0.311 e. The van der Waals surface area contributed by atoms with Gasteiger partial charge in [-0.15, -0.1) is 11.3 Å². The summed E-state index contributed by atoms with van der Waals surface area (Å²) < 4.78 is 30.6. The lowest BCUT2D eigenvalue weighted by atomic mass is 9.33. The number of nitrogens with zero attached hydrogens (tertiary/aromatic N) is 3. The van der Waals surface area contributed by atoms with Crippen molar-refractivity contribution in [1.29, 1.82) is 0 Å². The normalized spacial score (nSPS) is 18.1. The van der Waals surface area contributed by atoms with Crippen LogP contribution >= 0.6 is 11.3 Å². The molecule has 8 aromatic carbocycles. The fourth-order valence-corrected chi connectivity index (χ4v) is 15.8. The minimum Gasteiger partial charge on any atom is -0.311 e. The Morgan fingerprint density at radius 2 is 1.00 bits per heavy atom. The van der Waals surface area contributed by atoms with E-state index in [9.17, 15) is 4.11 Å². The Morgan fingerprint density at radius 1 is 0.487 bits per heavy atom. The number of hydrogen-bond donors (Lipinski definition) is 0. The molecule has 3 heterocycles. The number of fused-ring (bicyclic) bond motifs is 9. The minimum atomic E-state index is -2.42. The monoisotopic (exact) mass is 1040 g/mol. The summed E-state index contributed by atoms with van der Waals surface area (Å²) in [6.07, 6.45) is 3.24. The average Bonchev–Trinajstić information content (AvgIpc) is 4.09. The van der Waals surface area contributed by atoms with E-state index < -0.39 is 6.85 Å². The van der Waals surface area contributed by atoms with Crippen LogP contribution < -0.4 is 31.1 Å². The molecule has 0 saturated carbocycles. The number of aryl methyl sites for hydroxylation is 2. The third-order valence-electron chi connectivity index (χ3n) is 18.8. The zero-order chi connectivity index (χ0) is 57.5. The zero-order valence-corrected chi connectivity index (χ0v) is 49.6. The first-order valence-corrected chi connectivity index (χ1v) is 29.4. The molecule has 2 aliphatic heterocycles. The lowest BCUT2D eigenvalue weighted by Crippen LogP contribution is -2.61.